The van der Waals surface area contributed by atoms with Crippen molar-refractivity contribution in [2.24, 2.45) is 17.7 Å². The van der Waals surface area contributed by atoms with E-state index in [-0.39, 0.29) is 6.04 Å². The van der Waals surface area contributed by atoms with Crippen molar-refractivity contribution < 1.29 is 0 Å². The number of hydrazine groups is 1. The zero-order chi connectivity index (χ0) is 13.8. The van der Waals surface area contributed by atoms with Gasteiger partial charge in [0, 0.05) is 16.1 Å². The smallest absolute Gasteiger partial charge is 0.0439 e. The number of rotatable bonds is 5. The van der Waals surface area contributed by atoms with Crippen molar-refractivity contribution in [2.45, 2.75) is 45.1 Å². The molecule has 1 aromatic carbocycles. The normalized spacial score (nSPS) is 24.6. The Kier molecular flexibility index (Phi) is 5.52. The Morgan fingerprint density at radius 3 is 2.79 bits per heavy atom. The average molecular weight is 301 g/mol. The lowest BCUT2D eigenvalue weighted by molar-refractivity contribution is 0.348. The molecule has 0 radical (unpaired) electrons. The van der Waals surface area contributed by atoms with Gasteiger partial charge in [0.15, 0.2) is 0 Å². The summed E-state index contributed by atoms with van der Waals surface area (Å²) in [6.07, 6.45) is 5.96. The van der Waals surface area contributed by atoms with E-state index in [9.17, 15) is 0 Å². The molecule has 3 N–H and O–H groups in total. The first-order chi connectivity index (χ1) is 9.13. The van der Waals surface area contributed by atoms with E-state index in [1.54, 1.807) is 0 Å². The predicted molar refractivity (Wildman–Crippen MR) is 82.4 cm³/mol. The van der Waals surface area contributed by atoms with Gasteiger partial charge < -0.3 is 0 Å². The van der Waals surface area contributed by atoms with Crippen LogP contribution >= 0.6 is 23.2 Å². The average Bonchev–Trinajstić information content (AvgIpc) is 2.88. The van der Waals surface area contributed by atoms with Gasteiger partial charge in [-0.25, -0.2) is 0 Å². The minimum atomic E-state index is 0.285. The Morgan fingerprint density at radius 1 is 1.37 bits per heavy atom. The summed E-state index contributed by atoms with van der Waals surface area (Å²) in [5, 5.41) is 1.50. The molecule has 0 heterocycles. The van der Waals surface area contributed by atoms with Gasteiger partial charge in [-0.1, -0.05) is 43.0 Å². The summed E-state index contributed by atoms with van der Waals surface area (Å²) in [5.41, 5.74) is 4.06. The molecule has 0 spiro atoms. The third-order valence-electron chi connectivity index (χ3n) is 4.39. The molecule has 106 valence electrons. The van der Waals surface area contributed by atoms with Gasteiger partial charge >= 0.3 is 0 Å². The topological polar surface area (TPSA) is 38.0 Å². The van der Waals surface area contributed by atoms with E-state index >= 15 is 0 Å². The quantitative estimate of drug-likeness (QED) is 0.632. The highest BCUT2D eigenvalue weighted by molar-refractivity contribution is 6.33. The van der Waals surface area contributed by atoms with Crippen molar-refractivity contribution in [2.75, 3.05) is 0 Å². The molecule has 1 aliphatic carbocycles. The molecule has 0 saturated heterocycles. The SMILES string of the molecule is CCC1CCC(C(Cc2cc(Cl)ccc2Cl)NN)C1. The summed E-state index contributed by atoms with van der Waals surface area (Å²) in [7, 11) is 0. The first-order valence-electron chi connectivity index (χ1n) is 7.04. The van der Waals surface area contributed by atoms with Crippen LogP contribution < -0.4 is 11.3 Å². The van der Waals surface area contributed by atoms with Crippen molar-refractivity contribution in [3.05, 3.63) is 33.8 Å². The maximum absolute atomic E-state index is 6.23. The van der Waals surface area contributed by atoms with Crippen LogP contribution in [0.4, 0.5) is 0 Å². The van der Waals surface area contributed by atoms with Crippen LogP contribution in [0.5, 0.6) is 0 Å². The van der Waals surface area contributed by atoms with Crippen molar-refractivity contribution in [3.8, 4) is 0 Å². The van der Waals surface area contributed by atoms with E-state index in [1.165, 1.54) is 25.7 Å². The van der Waals surface area contributed by atoms with E-state index < -0.39 is 0 Å². The van der Waals surface area contributed by atoms with Crippen LogP contribution in [0.3, 0.4) is 0 Å². The van der Waals surface area contributed by atoms with E-state index in [4.69, 9.17) is 29.0 Å². The maximum atomic E-state index is 6.23. The zero-order valence-electron chi connectivity index (χ0n) is 11.3. The summed E-state index contributed by atoms with van der Waals surface area (Å²) in [4.78, 5) is 0. The van der Waals surface area contributed by atoms with Crippen molar-refractivity contribution in [1.29, 1.82) is 0 Å². The Hall–Kier alpha value is -0.280. The van der Waals surface area contributed by atoms with Gasteiger partial charge in [-0.15, -0.1) is 0 Å². The monoisotopic (exact) mass is 300 g/mol. The van der Waals surface area contributed by atoms with Crippen LogP contribution in [0.1, 0.15) is 38.2 Å². The zero-order valence-corrected chi connectivity index (χ0v) is 12.8. The van der Waals surface area contributed by atoms with E-state index in [2.05, 4.69) is 12.3 Å². The second kappa shape index (κ2) is 6.94. The third-order valence-corrected chi connectivity index (χ3v) is 4.99. The van der Waals surface area contributed by atoms with Crippen LogP contribution in [0, 0.1) is 11.8 Å². The lowest BCUT2D eigenvalue weighted by atomic mass is 9.91. The van der Waals surface area contributed by atoms with Crippen LogP contribution in [-0.4, -0.2) is 6.04 Å². The largest absolute Gasteiger partial charge is 0.271 e. The molecule has 3 unspecified atom stereocenters. The van der Waals surface area contributed by atoms with Gasteiger partial charge in [-0.2, -0.15) is 0 Å². The fourth-order valence-electron chi connectivity index (χ4n) is 3.15. The number of nitrogens with two attached hydrogens (primary N) is 1. The summed E-state index contributed by atoms with van der Waals surface area (Å²) >= 11 is 12.3. The second-order valence-corrected chi connectivity index (χ2v) is 6.40. The molecular weight excluding hydrogens is 279 g/mol. The van der Waals surface area contributed by atoms with Gasteiger partial charge in [-0.05, 0) is 54.9 Å². The van der Waals surface area contributed by atoms with Crippen molar-refractivity contribution in [3.63, 3.8) is 0 Å². The first-order valence-corrected chi connectivity index (χ1v) is 7.79. The van der Waals surface area contributed by atoms with Gasteiger partial charge in [-0.3, -0.25) is 11.3 Å². The molecule has 1 fully saturated rings. The molecule has 0 aromatic heterocycles. The fraction of sp³-hybridized carbons (Fsp3) is 0.600. The standard InChI is InChI=1S/C15H22Cl2N2/c1-2-10-3-4-11(7-10)15(19-18)9-12-8-13(16)5-6-14(12)17/h5-6,8,10-11,15,19H,2-4,7,9,18H2,1H3. The minimum absolute atomic E-state index is 0.285. The Labute approximate surface area is 125 Å². The number of hydrogen-bond acceptors (Lipinski definition) is 2. The number of benzene rings is 1. The van der Waals surface area contributed by atoms with Gasteiger partial charge in [0.25, 0.3) is 0 Å². The van der Waals surface area contributed by atoms with Crippen LogP contribution in [0.15, 0.2) is 18.2 Å². The number of nitrogens with one attached hydrogen (secondary N) is 1. The lowest BCUT2D eigenvalue weighted by Crippen LogP contribution is -2.41. The molecule has 1 saturated carbocycles. The van der Waals surface area contributed by atoms with Crippen molar-refractivity contribution >= 4 is 23.2 Å². The molecule has 19 heavy (non-hydrogen) atoms. The Morgan fingerprint density at radius 2 is 2.16 bits per heavy atom. The summed E-state index contributed by atoms with van der Waals surface area (Å²) in [6.45, 7) is 2.27. The number of halogens is 2. The third kappa shape index (κ3) is 3.85. The molecule has 1 aromatic rings. The second-order valence-electron chi connectivity index (χ2n) is 5.56. The molecule has 1 aliphatic rings. The minimum Gasteiger partial charge on any atom is -0.271 e. The molecule has 3 atom stereocenters. The Balaban J connectivity index is 2.05. The van der Waals surface area contributed by atoms with Gasteiger partial charge in [0.1, 0.15) is 0 Å². The van der Waals surface area contributed by atoms with E-state index in [0.717, 1.165) is 27.9 Å². The summed E-state index contributed by atoms with van der Waals surface area (Å²) in [6, 6.07) is 5.91. The summed E-state index contributed by atoms with van der Waals surface area (Å²) in [5.74, 6) is 7.25. The Bertz CT molecular complexity index is 423. The van der Waals surface area contributed by atoms with E-state index in [1.807, 2.05) is 18.2 Å². The van der Waals surface area contributed by atoms with Crippen LogP contribution in [0.25, 0.3) is 0 Å². The highest BCUT2D eigenvalue weighted by atomic mass is 35.5. The first kappa shape index (κ1) is 15.1. The summed E-state index contributed by atoms with van der Waals surface area (Å²) < 4.78 is 0. The molecule has 0 bridgehead atoms. The molecule has 4 heteroatoms. The van der Waals surface area contributed by atoms with E-state index in [0.29, 0.717) is 5.92 Å². The maximum Gasteiger partial charge on any atom is 0.0439 e. The predicted octanol–water partition coefficient (Wildman–Crippen LogP) is 4.19. The molecule has 0 aliphatic heterocycles. The fourth-order valence-corrected chi connectivity index (χ4v) is 3.54. The number of hydrogen-bond donors (Lipinski definition) is 2. The highest BCUT2D eigenvalue weighted by Crippen LogP contribution is 2.36. The lowest BCUT2D eigenvalue weighted by Gasteiger charge is -2.23. The molecule has 0 amide bonds. The van der Waals surface area contributed by atoms with Crippen molar-refractivity contribution in [1.82, 2.24) is 5.43 Å². The van der Waals surface area contributed by atoms with Crippen LogP contribution in [0.2, 0.25) is 10.0 Å². The molecular formula is C15H22Cl2N2. The van der Waals surface area contributed by atoms with Crippen LogP contribution in [-0.2, 0) is 6.42 Å². The van der Waals surface area contributed by atoms with Gasteiger partial charge in [0.05, 0.1) is 0 Å². The molecule has 2 rings (SSSR count). The van der Waals surface area contributed by atoms with Gasteiger partial charge in [0.2, 0.25) is 0 Å². The highest BCUT2D eigenvalue weighted by Gasteiger charge is 2.29. The molecule has 2 nitrogen and oxygen atoms in total.